The van der Waals surface area contributed by atoms with Gasteiger partial charge in [-0.1, -0.05) is 34.2 Å². The third-order valence-electron chi connectivity index (χ3n) is 2.08. The van der Waals surface area contributed by atoms with Crippen LogP contribution in [0.15, 0.2) is 22.7 Å². The first kappa shape index (κ1) is 15.7. The van der Waals surface area contributed by atoms with Crippen molar-refractivity contribution in [2.45, 2.75) is 3.92 Å². The molecule has 0 aliphatic carbocycles. The number of benzene rings is 1. The molecule has 1 unspecified atom stereocenters. The van der Waals surface area contributed by atoms with Crippen molar-refractivity contribution in [3.05, 3.63) is 33.3 Å². The normalized spacial score (nSPS) is 11.8. The van der Waals surface area contributed by atoms with E-state index in [1.807, 2.05) is 22.6 Å². The first-order valence-corrected chi connectivity index (χ1v) is 7.32. The maximum Gasteiger partial charge on any atom is 0.320 e. The number of carbonyl (C=O) groups is 2. The number of alkyl halides is 1. The number of rotatable bonds is 4. The lowest BCUT2D eigenvalue weighted by Gasteiger charge is -2.09. The largest absolute Gasteiger partial charge is 0.468 e. The summed E-state index contributed by atoms with van der Waals surface area (Å²) in [6, 6.07) is 4.89. The Bertz CT molecular complexity index is 470. The van der Waals surface area contributed by atoms with E-state index < -0.39 is 3.92 Å². The molecule has 0 heterocycles. The van der Waals surface area contributed by atoms with Gasteiger partial charge in [-0.2, -0.15) is 0 Å². The van der Waals surface area contributed by atoms with Crippen molar-refractivity contribution in [1.82, 2.24) is 5.32 Å². The van der Waals surface area contributed by atoms with Crippen molar-refractivity contribution >= 4 is 62.0 Å². The van der Waals surface area contributed by atoms with Crippen LogP contribution in [0.4, 0.5) is 0 Å². The van der Waals surface area contributed by atoms with Gasteiger partial charge >= 0.3 is 5.97 Å². The molecular weight excluding hydrogens is 436 g/mol. The molecule has 1 amide bonds. The highest BCUT2D eigenvalue weighted by Gasteiger charge is 2.16. The number of hydrogen-bond donors (Lipinski definition) is 1. The van der Waals surface area contributed by atoms with Crippen molar-refractivity contribution in [2.24, 2.45) is 0 Å². The summed E-state index contributed by atoms with van der Waals surface area (Å²) in [6.07, 6.45) is 0. The summed E-state index contributed by atoms with van der Waals surface area (Å²) in [5.41, 5.74) is 0.441. The van der Waals surface area contributed by atoms with Gasteiger partial charge in [-0.3, -0.25) is 9.59 Å². The fraction of sp³-hybridized carbons (Fsp3) is 0.273. The van der Waals surface area contributed by atoms with Crippen LogP contribution in [0, 0.1) is 0 Å². The molecular formula is C11H10BrClINO3. The Hall–Kier alpha value is -0.340. The predicted octanol–water partition coefficient (Wildman–Crippen LogP) is 2.81. The number of methoxy groups -OCH3 is 1. The molecule has 0 radical (unpaired) electrons. The van der Waals surface area contributed by atoms with Gasteiger partial charge in [0.15, 0.2) is 0 Å². The van der Waals surface area contributed by atoms with E-state index >= 15 is 0 Å². The number of nitrogens with one attached hydrogen (secondary N) is 1. The Balaban J connectivity index is 2.60. The summed E-state index contributed by atoms with van der Waals surface area (Å²) < 4.78 is 4.87. The molecule has 4 nitrogen and oxygen atoms in total. The standard InChI is InChI=1S/C11H10BrClINO3/c1-18-11(17)9(14)5-15-10(16)6-2-3-7(12)8(13)4-6/h2-4,9H,5H2,1H3,(H,15,16). The molecule has 0 bridgehead atoms. The van der Waals surface area contributed by atoms with E-state index in [9.17, 15) is 9.59 Å². The van der Waals surface area contributed by atoms with Gasteiger partial charge in [0.25, 0.3) is 5.91 Å². The minimum Gasteiger partial charge on any atom is -0.468 e. The monoisotopic (exact) mass is 445 g/mol. The van der Waals surface area contributed by atoms with Crippen LogP contribution in [-0.4, -0.2) is 29.5 Å². The van der Waals surface area contributed by atoms with E-state index in [0.29, 0.717) is 10.6 Å². The van der Waals surface area contributed by atoms with Gasteiger partial charge in [0.2, 0.25) is 0 Å². The van der Waals surface area contributed by atoms with Gasteiger partial charge in [-0.05, 0) is 34.1 Å². The van der Waals surface area contributed by atoms with Crippen LogP contribution in [0.5, 0.6) is 0 Å². The molecule has 1 atom stereocenters. The third kappa shape index (κ3) is 4.40. The summed E-state index contributed by atoms with van der Waals surface area (Å²) in [5.74, 6) is -0.653. The Kier molecular flexibility index (Phi) is 6.37. The molecule has 0 aromatic heterocycles. The lowest BCUT2D eigenvalue weighted by molar-refractivity contribution is -0.139. The first-order chi connectivity index (χ1) is 8.45. The highest BCUT2D eigenvalue weighted by molar-refractivity contribution is 14.1. The lowest BCUT2D eigenvalue weighted by Crippen LogP contribution is -2.33. The summed E-state index contributed by atoms with van der Waals surface area (Å²) in [5, 5.41) is 3.10. The number of ether oxygens (including phenoxy) is 1. The van der Waals surface area contributed by atoms with Gasteiger partial charge in [0, 0.05) is 16.6 Å². The second-order valence-corrected chi connectivity index (χ2v) is 6.09. The number of carbonyl (C=O) groups excluding carboxylic acids is 2. The molecule has 0 saturated carbocycles. The van der Waals surface area contributed by atoms with E-state index in [0.717, 1.165) is 4.47 Å². The van der Waals surface area contributed by atoms with E-state index in [2.05, 4.69) is 26.0 Å². The van der Waals surface area contributed by atoms with Crippen molar-refractivity contribution in [3.63, 3.8) is 0 Å². The van der Waals surface area contributed by atoms with Crippen LogP contribution >= 0.6 is 50.1 Å². The molecule has 0 aliphatic rings. The Morgan fingerprint density at radius 1 is 1.56 bits per heavy atom. The number of hydrogen-bond acceptors (Lipinski definition) is 3. The number of esters is 1. The summed E-state index contributed by atoms with van der Waals surface area (Å²) in [6.45, 7) is 0.208. The molecule has 1 N–H and O–H groups in total. The predicted molar refractivity (Wildman–Crippen MR) is 81.3 cm³/mol. The average molecular weight is 446 g/mol. The maximum atomic E-state index is 11.8. The van der Waals surface area contributed by atoms with E-state index in [1.54, 1.807) is 18.2 Å². The van der Waals surface area contributed by atoms with E-state index in [4.69, 9.17) is 11.6 Å². The zero-order chi connectivity index (χ0) is 13.7. The quantitative estimate of drug-likeness (QED) is 0.440. The highest BCUT2D eigenvalue weighted by atomic mass is 127. The van der Waals surface area contributed by atoms with Crippen molar-refractivity contribution < 1.29 is 14.3 Å². The zero-order valence-electron chi connectivity index (χ0n) is 9.38. The molecule has 18 heavy (non-hydrogen) atoms. The molecule has 1 rings (SSSR count). The van der Waals surface area contributed by atoms with E-state index in [-0.39, 0.29) is 18.4 Å². The molecule has 98 valence electrons. The van der Waals surface area contributed by atoms with Crippen LogP contribution in [0.2, 0.25) is 5.02 Å². The summed E-state index contributed by atoms with van der Waals surface area (Å²) in [7, 11) is 1.31. The molecule has 1 aromatic carbocycles. The highest BCUT2D eigenvalue weighted by Crippen LogP contribution is 2.23. The Morgan fingerprint density at radius 2 is 2.22 bits per heavy atom. The van der Waals surface area contributed by atoms with Gasteiger partial charge < -0.3 is 10.1 Å². The summed E-state index contributed by atoms with van der Waals surface area (Å²) in [4.78, 5) is 22.9. The first-order valence-electron chi connectivity index (χ1n) is 4.91. The van der Waals surface area contributed by atoms with E-state index in [1.165, 1.54) is 7.11 Å². The second kappa shape index (κ2) is 7.30. The third-order valence-corrected chi connectivity index (χ3v) is 4.26. The number of amides is 1. The van der Waals surface area contributed by atoms with Gasteiger partial charge in [0.05, 0.1) is 12.1 Å². The van der Waals surface area contributed by atoms with Gasteiger partial charge in [0.1, 0.15) is 3.92 Å². The summed E-state index contributed by atoms with van der Waals surface area (Å²) >= 11 is 11.0. The van der Waals surface area contributed by atoms with Crippen molar-refractivity contribution in [2.75, 3.05) is 13.7 Å². The average Bonchev–Trinajstić information content (AvgIpc) is 2.37. The minimum absolute atomic E-state index is 0.208. The van der Waals surface area contributed by atoms with Crippen molar-refractivity contribution in [3.8, 4) is 0 Å². The van der Waals surface area contributed by atoms with Crippen molar-refractivity contribution in [1.29, 1.82) is 0 Å². The van der Waals surface area contributed by atoms with Crippen LogP contribution in [0.25, 0.3) is 0 Å². The van der Waals surface area contributed by atoms with Crippen LogP contribution in [0.1, 0.15) is 10.4 Å². The fourth-order valence-corrected chi connectivity index (χ4v) is 2.03. The molecule has 0 saturated heterocycles. The smallest absolute Gasteiger partial charge is 0.320 e. The molecule has 1 aromatic rings. The number of halogens is 3. The minimum atomic E-state index is -0.414. The second-order valence-electron chi connectivity index (χ2n) is 3.33. The molecule has 7 heteroatoms. The molecule has 0 aliphatic heterocycles. The topological polar surface area (TPSA) is 55.4 Å². The Morgan fingerprint density at radius 3 is 2.78 bits per heavy atom. The maximum absolute atomic E-state index is 11.8. The molecule has 0 fully saturated rings. The van der Waals surface area contributed by atoms with Crippen LogP contribution in [0.3, 0.4) is 0 Å². The van der Waals surface area contributed by atoms with Gasteiger partial charge in [-0.15, -0.1) is 0 Å². The van der Waals surface area contributed by atoms with Crippen LogP contribution in [-0.2, 0) is 9.53 Å². The fourth-order valence-electron chi connectivity index (χ4n) is 1.13. The van der Waals surface area contributed by atoms with Crippen LogP contribution < -0.4 is 5.32 Å². The lowest BCUT2D eigenvalue weighted by atomic mass is 10.2. The van der Waals surface area contributed by atoms with Gasteiger partial charge in [-0.25, -0.2) is 0 Å². The Labute approximate surface area is 132 Å². The molecule has 0 spiro atoms. The zero-order valence-corrected chi connectivity index (χ0v) is 13.9. The SMILES string of the molecule is COC(=O)C(I)CNC(=O)c1ccc(Br)c(Cl)c1.